The highest BCUT2D eigenvalue weighted by atomic mass is 35.5. The van der Waals surface area contributed by atoms with Gasteiger partial charge >= 0.3 is 0 Å². The molecule has 1 N–H and O–H groups in total. The maximum absolute atomic E-state index is 6.04. The number of nitrogens with one attached hydrogen (secondary N) is 1. The Bertz CT molecular complexity index is 645. The van der Waals surface area contributed by atoms with Crippen LogP contribution in [-0.4, -0.2) is 30.1 Å². The van der Waals surface area contributed by atoms with E-state index in [1.807, 2.05) is 18.2 Å². The van der Waals surface area contributed by atoms with Crippen molar-refractivity contribution in [2.24, 2.45) is 5.92 Å². The second-order valence-electron chi connectivity index (χ2n) is 5.53. The molecule has 0 bridgehead atoms. The van der Waals surface area contributed by atoms with Gasteiger partial charge in [-0.15, -0.1) is 11.6 Å². The molecule has 1 unspecified atom stereocenters. The van der Waals surface area contributed by atoms with Crippen LogP contribution < -0.4 is 14.8 Å². The van der Waals surface area contributed by atoms with Gasteiger partial charge in [0.05, 0.1) is 0 Å². The van der Waals surface area contributed by atoms with Crippen molar-refractivity contribution in [2.75, 3.05) is 24.4 Å². The number of rotatable bonds is 4. The number of alkyl halides is 1. The lowest BCUT2D eigenvalue weighted by Crippen LogP contribution is -2.27. The first-order valence-corrected chi connectivity index (χ1v) is 7.73. The van der Waals surface area contributed by atoms with Crippen LogP contribution in [0, 0.1) is 5.92 Å². The fourth-order valence-corrected chi connectivity index (χ4v) is 2.82. The third-order valence-electron chi connectivity index (χ3n) is 3.72. The molecule has 0 fully saturated rings. The molecule has 0 amide bonds. The van der Waals surface area contributed by atoms with Gasteiger partial charge in [-0.2, -0.15) is 0 Å². The molecule has 112 valence electrons. The van der Waals surface area contributed by atoms with Crippen LogP contribution in [0.15, 0.2) is 24.4 Å². The van der Waals surface area contributed by atoms with Crippen molar-refractivity contribution in [3.8, 4) is 11.5 Å². The molecular formula is C16H19ClN2O2. The van der Waals surface area contributed by atoms with Crippen molar-refractivity contribution in [1.82, 2.24) is 4.98 Å². The van der Waals surface area contributed by atoms with E-state index in [0.717, 1.165) is 28.1 Å². The number of benzene rings is 1. The fourth-order valence-electron chi connectivity index (χ4n) is 2.38. The van der Waals surface area contributed by atoms with Gasteiger partial charge in [-0.3, -0.25) is 0 Å². The monoisotopic (exact) mass is 306 g/mol. The molecule has 1 aliphatic rings. The first-order valence-electron chi connectivity index (χ1n) is 7.20. The van der Waals surface area contributed by atoms with Crippen LogP contribution in [0.1, 0.15) is 13.8 Å². The lowest BCUT2D eigenvalue weighted by molar-refractivity contribution is 0.172. The van der Waals surface area contributed by atoms with E-state index in [4.69, 9.17) is 21.1 Å². The number of pyridine rings is 1. The number of anilines is 1. The molecule has 5 heteroatoms. The predicted octanol–water partition coefficient (Wildman–Crippen LogP) is 3.68. The Hall–Kier alpha value is -1.68. The summed E-state index contributed by atoms with van der Waals surface area (Å²) in [5, 5.41) is 5.54. The summed E-state index contributed by atoms with van der Waals surface area (Å²) in [4.78, 5) is 4.46. The molecule has 3 rings (SSSR count). The standard InChI is InChI=1S/C16H19ClN2O2/c1-10(2)13(9-17)19-16-12-8-15-14(20-5-6-21-15)7-11(12)3-4-18-16/h3-4,7-8,10,13H,5-6,9H2,1-2H3,(H,18,19). The summed E-state index contributed by atoms with van der Waals surface area (Å²) in [7, 11) is 0. The number of halogens is 1. The highest BCUT2D eigenvalue weighted by Gasteiger charge is 2.17. The minimum Gasteiger partial charge on any atom is -0.486 e. The normalized spacial score (nSPS) is 15.2. The van der Waals surface area contributed by atoms with Crippen LogP contribution in [0.2, 0.25) is 0 Å². The second kappa shape index (κ2) is 5.98. The maximum Gasteiger partial charge on any atom is 0.162 e. The Kier molecular flexibility index (Phi) is 4.06. The van der Waals surface area contributed by atoms with Crippen molar-refractivity contribution in [1.29, 1.82) is 0 Å². The summed E-state index contributed by atoms with van der Waals surface area (Å²) in [6, 6.07) is 6.15. The lowest BCUT2D eigenvalue weighted by Gasteiger charge is -2.23. The van der Waals surface area contributed by atoms with E-state index in [9.17, 15) is 0 Å². The number of nitrogens with zero attached hydrogens (tertiary/aromatic N) is 1. The minimum absolute atomic E-state index is 0.179. The molecule has 1 aliphatic heterocycles. The second-order valence-corrected chi connectivity index (χ2v) is 5.83. The van der Waals surface area contributed by atoms with Crippen molar-refractivity contribution >= 4 is 28.2 Å². The summed E-state index contributed by atoms with van der Waals surface area (Å²) < 4.78 is 11.3. The van der Waals surface area contributed by atoms with Crippen LogP contribution in [0.5, 0.6) is 11.5 Å². The maximum atomic E-state index is 6.04. The summed E-state index contributed by atoms with van der Waals surface area (Å²) in [6.45, 7) is 5.46. The Balaban J connectivity index is 2.02. The van der Waals surface area contributed by atoms with Gasteiger partial charge in [0.1, 0.15) is 19.0 Å². The molecule has 1 atom stereocenters. The topological polar surface area (TPSA) is 43.4 Å². The fraction of sp³-hybridized carbons (Fsp3) is 0.438. The van der Waals surface area contributed by atoms with Crippen LogP contribution in [0.25, 0.3) is 10.8 Å². The average molecular weight is 307 g/mol. The van der Waals surface area contributed by atoms with Crippen LogP contribution >= 0.6 is 11.6 Å². The summed E-state index contributed by atoms with van der Waals surface area (Å²) in [5.74, 6) is 3.38. The molecule has 1 aromatic heterocycles. The highest BCUT2D eigenvalue weighted by Crippen LogP contribution is 2.36. The summed E-state index contributed by atoms with van der Waals surface area (Å²) in [5.41, 5.74) is 0. The van der Waals surface area contributed by atoms with Gasteiger partial charge in [-0.25, -0.2) is 4.98 Å². The van der Waals surface area contributed by atoms with Gasteiger partial charge in [0.25, 0.3) is 0 Å². The van der Waals surface area contributed by atoms with E-state index in [-0.39, 0.29) is 6.04 Å². The van der Waals surface area contributed by atoms with E-state index in [2.05, 4.69) is 24.1 Å². The van der Waals surface area contributed by atoms with E-state index in [0.29, 0.717) is 25.0 Å². The number of hydrogen-bond donors (Lipinski definition) is 1. The number of aromatic nitrogens is 1. The first kappa shape index (κ1) is 14.3. The Labute approximate surface area is 129 Å². The molecule has 21 heavy (non-hydrogen) atoms. The zero-order valence-electron chi connectivity index (χ0n) is 12.2. The van der Waals surface area contributed by atoms with Gasteiger partial charge in [0.15, 0.2) is 11.5 Å². The molecule has 1 aromatic carbocycles. The Morgan fingerprint density at radius 2 is 1.95 bits per heavy atom. The van der Waals surface area contributed by atoms with E-state index in [1.54, 1.807) is 6.20 Å². The molecule has 0 radical (unpaired) electrons. The van der Waals surface area contributed by atoms with Crippen LogP contribution in [0.4, 0.5) is 5.82 Å². The third-order valence-corrected chi connectivity index (χ3v) is 4.05. The average Bonchev–Trinajstić information content (AvgIpc) is 2.50. The third kappa shape index (κ3) is 2.86. The molecule has 2 aromatic rings. The predicted molar refractivity (Wildman–Crippen MR) is 85.7 cm³/mol. The molecule has 0 saturated carbocycles. The van der Waals surface area contributed by atoms with Gasteiger partial charge in [-0.05, 0) is 29.5 Å². The first-order chi connectivity index (χ1) is 10.2. The lowest BCUT2D eigenvalue weighted by atomic mass is 10.1. The SMILES string of the molecule is CC(C)C(CCl)Nc1nccc2cc3c(cc12)OCCO3. The van der Waals surface area contributed by atoms with Gasteiger partial charge in [0, 0.05) is 23.5 Å². The molecule has 2 heterocycles. The minimum atomic E-state index is 0.179. The molecular weight excluding hydrogens is 288 g/mol. The number of fused-ring (bicyclic) bond motifs is 2. The molecule has 0 aliphatic carbocycles. The summed E-state index contributed by atoms with van der Waals surface area (Å²) >= 11 is 6.04. The van der Waals surface area contributed by atoms with Gasteiger partial charge in [0.2, 0.25) is 0 Å². The van der Waals surface area contributed by atoms with E-state index >= 15 is 0 Å². The van der Waals surface area contributed by atoms with Crippen LogP contribution in [-0.2, 0) is 0 Å². The van der Waals surface area contributed by atoms with Crippen molar-refractivity contribution in [3.63, 3.8) is 0 Å². The van der Waals surface area contributed by atoms with Gasteiger partial charge < -0.3 is 14.8 Å². The van der Waals surface area contributed by atoms with E-state index in [1.165, 1.54) is 0 Å². The largest absolute Gasteiger partial charge is 0.486 e. The Morgan fingerprint density at radius 3 is 2.62 bits per heavy atom. The number of ether oxygens (including phenoxy) is 2. The van der Waals surface area contributed by atoms with Crippen molar-refractivity contribution in [2.45, 2.75) is 19.9 Å². The molecule has 4 nitrogen and oxygen atoms in total. The van der Waals surface area contributed by atoms with E-state index < -0.39 is 0 Å². The molecule has 0 saturated heterocycles. The van der Waals surface area contributed by atoms with Crippen molar-refractivity contribution < 1.29 is 9.47 Å². The number of hydrogen-bond acceptors (Lipinski definition) is 4. The quantitative estimate of drug-likeness (QED) is 0.875. The van der Waals surface area contributed by atoms with Gasteiger partial charge in [-0.1, -0.05) is 13.8 Å². The molecule has 0 spiro atoms. The zero-order chi connectivity index (χ0) is 14.8. The highest BCUT2D eigenvalue weighted by molar-refractivity contribution is 6.18. The zero-order valence-corrected chi connectivity index (χ0v) is 13.0. The summed E-state index contributed by atoms with van der Waals surface area (Å²) in [6.07, 6.45) is 1.80. The van der Waals surface area contributed by atoms with Crippen LogP contribution in [0.3, 0.4) is 0 Å². The smallest absolute Gasteiger partial charge is 0.162 e. The Morgan fingerprint density at radius 1 is 1.24 bits per heavy atom. The van der Waals surface area contributed by atoms with Crippen molar-refractivity contribution in [3.05, 3.63) is 24.4 Å².